The third-order valence-corrected chi connectivity index (χ3v) is 4.08. The fourth-order valence-electron chi connectivity index (χ4n) is 2.41. The maximum atomic E-state index is 4.60. The van der Waals surface area contributed by atoms with Crippen LogP contribution in [0.1, 0.15) is 29.4 Å². The summed E-state index contributed by atoms with van der Waals surface area (Å²) in [4.78, 5) is 6.97. The van der Waals surface area contributed by atoms with Gasteiger partial charge in [0.25, 0.3) is 0 Å². The Balaban J connectivity index is 2.24. The molecule has 0 saturated heterocycles. The lowest BCUT2D eigenvalue weighted by Gasteiger charge is -2.25. The molecule has 0 unspecified atom stereocenters. The minimum Gasteiger partial charge on any atom is -0.366 e. The average molecular weight is 333 g/mol. The van der Waals surface area contributed by atoms with Crippen LogP contribution in [0.5, 0.6) is 0 Å². The Morgan fingerprint density at radius 2 is 1.95 bits per heavy atom. The van der Waals surface area contributed by atoms with Gasteiger partial charge in [-0.2, -0.15) is 0 Å². The Morgan fingerprint density at radius 1 is 1.15 bits per heavy atom. The van der Waals surface area contributed by atoms with Crippen LogP contribution in [0.3, 0.4) is 0 Å². The van der Waals surface area contributed by atoms with Gasteiger partial charge in [0, 0.05) is 23.3 Å². The summed E-state index contributed by atoms with van der Waals surface area (Å²) in [6.07, 6.45) is 0. The highest BCUT2D eigenvalue weighted by Gasteiger charge is 2.09. The second-order valence-electron chi connectivity index (χ2n) is 5.04. The number of anilines is 1. The number of aryl methyl sites for hydroxylation is 2. The summed E-state index contributed by atoms with van der Waals surface area (Å²) >= 11 is 3.51. The van der Waals surface area contributed by atoms with Gasteiger partial charge in [0.1, 0.15) is 0 Å². The van der Waals surface area contributed by atoms with Crippen molar-refractivity contribution in [1.82, 2.24) is 4.98 Å². The van der Waals surface area contributed by atoms with Crippen LogP contribution in [-0.4, -0.2) is 11.5 Å². The average Bonchev–Trinajstić information content (AvgIpc) is 2.45. The quantitative estimate of drug-likeness (QED) is 0.742. The maximum absolute atomic E-state index is 4.60. The molecule has 20 heavy (non-hydrogen) atoms. The number of benzene rings is 1. The Labute approximate surface area is 130 Å². The van der Waals surface area contributed by atoms with E-state index in [1.165, 1.54) is 16.8 Å². The van der Waals surface area contributed by atoms with Crippen molar-refractivity contribution < 1.29 is 0 Å². The van der Waals surface area contributed by atoms with Crippen molar-refractivity contribution in [2.45, 2.75) is 32.6 Å². The van der Waals surface area contributed by atoms with Crippen LogP contribution in [0, 0.1) is 13.8 Å². The van der Waals surface area contributed by atoms with Gasteiger partial charge < -0.3 is 4.90 Å². The van der Waals surface area contributed by atoms with Crippen molar-refractivity contribution in [3.05, 3.63) is 58.9 Å². The number of pyridine rings is 1. The number of alkyl halides is 1. The zero-order valence-electron chi connectivity index (χ0n) is 12.4. The first kappa shape index (κ1) is 15.0. The van der Waals surface area contributed by atoms with Gasteiger partial charge in [-0.05, 0) is 50.1 Å². The van der Waals surface area contributed by atoms with Crippen LogP contribution in [0.25, 0.3) is 0 Å². The maximum Gasteiger partial charge on any atom is 0.0602 e. The lowest BCUT2D eigenvalue weighted by molar-refractivity contribution is 0.802. The molecule has 3 heteroatoms. The fraction of sp³-hybridized carbons (Fsp3) is 0.353. The predicted molar refractivity (Wildman–Crippen MR) is 89.5 cm³/mol. The van der Waals surface area contributed by atoms with Crippen molar-refractivity contribution in [1.29, 1.82) is 0 Å². The van der Waals surface area contributed by atoms with Crippen molar-refractivity contribution in [2.75, 3.05) is 11.4 Å². The Bertz CT molecular complexity index is 581. The monoisotopic (exact) mass is 332 g/mol. The summed E-state index contributed by atoms with van der Waals surface area (Å²) in [6, 6.07) is 12.9. The molecular formula is C17H21BrN2. The molecule has 0 amide bonds. The molecule has 0 aliphatic carbocycles. The highest BCUT2D eigenvalue weighted by atomic mass is 79.9. The molecule has 2 aromatic rings. The summed E-state index contributed by atoms with van der Waals surface area (Å²) in [5.74, 6) is 0. The summed E-state index contributed by atoms with van der Waals surface area (Å²) < 4.78 is 0. The van der Waals surface area contributed by atoms with Gasteiger partial charge in [-0.15, -0.1) is 0 Å². The van der Waals surface area contributed by atoms with Crippen molar-refractivity contribution in [3.8, 4) is 0 Å². The number of hydrogen-bond donors (Lipinski definition) is 0. The molecule has 0 fully saturated rings. The molecule has 1 heterocycles. The van der Waals surface area contributed by atoms with E-state index in [0.717, 1.165) is 29.8 Å². The molecule has 0 bridgehead atoms. The molecule has 0 aliphatic heterocycles. The molecule has 0 atom stereocenters. The molecule has 0 spiro atoms. The molecule has 0 aliphatic rings. The summed E-state index contributed by atoms with van der Waals surface area (Å²) in [5, 5.41) is 0.902. The fourth-order valence-corrected chi connectivity index (χ4v) is 2.75. The van der Waals surface area contributed by atoms with E-state index in [0.29, 0.717) is 0 Å². The highest BCUT2D eigenvalue weighted by Crippen LogP contribution is 2.23. The molecule has 2 nitrogen and oxygen atoms in total. The number of rotatable bonds is 5. The smallest absolute Gasteiger partial charge is 0.0602 e. The highest BCUT2D eigenvalue weighted by molar-refractivity contribution is 9.08. The van der Waals surface area contributed by atoms with Gasteiger partial charge in [-0.25, -0.2) is 0 Å². The second kappa shape index (κ2) is 6.89. The van der Waals surface area contributed by atoms with Crippen LogP contribution >= 0.6 is 15.9 Å². The third-order valence-electron chi connectivity index (χ3n) is 3.44. The van der Waals surface area contributed by atoms with Crippen molar-refractivity contribution >= 4 is 21.6 Å². The predicted octanol–water partition coefficient (Wildman–Crippen LogP) is 4.62. The Hall–Kier alpha value is -1.35. The van der Waals surface area contributed by atoms with E-state index in [2.05, 4.69) is 70.0 Å². The topological polar surface area (TPSA) is 16.1 Å². The first-order chi connectivity index (χ1) is 9.63. The number of hydrogen-bond acceptors (Lipinski definition) is 2. The van der Waals surface area contributed by atoms with Crippen LogP contribution in [0.15, 0.2) is 36.4 Å². The molecule has 106 valence electrons. The van der Waals surface area contributed by atoms with Crippen LogP contribution in [0.2, 0.25) is 0 Å². The van der Waals surface area contributed by atoms with E-state index in [-0.39, 0.29) is 0 Å². The van der Waals surface area contributed by atoms with Gasteiger partial charge in [-0.3, -0.25) is 4.98 Å². The molecule has 1 aromatic carbocycles. The third kappa shape index (κ3) is 3.60. The van der Waals surface area contributed by atoms with Crippen LogP contribution < -0.4 is 4.90 Å². The number of nitrogens with zero attached hydrogens (tertiary/aromatic N) is 2. The van der Waals surface area contributed by atoms with Crippen LogP contribution in [0.4, 0.5) is 5.69 Å². The van der Waals surface area contributed by atoms with Crippen LogP contribution in [-0.2, 0) is 11.9 Å². The van der Waals surface area contributed by atoms with E-state index in [1.807, 2.05) is 13.0 Å². The lowest BCUT2D eigenvalue weighted by Crippen LogP contribution is -2.23. The molecule has 0 radical (unpaired) electrons. The van der Waals surface area contributed by atoms with Crippen molar-refractivity contribution in [3.63, 3.8) is 0 Å². The van der Waals surface area contributed by atoms with Gasteiger partial charge in [0.2, 0.25) is 0 Å². The van der Waals surface area contributed by atoms with E-state index < -0.39 is 0 Å². The molecule has 2 rings (SSSR count). The first-order valence-electron chi connectivity index (χ1n) is 6.97. The molecule has 0 N–H and O–H groups in total. The summed E-state index contributed by atoms with van der Waals surface area (Å²) in [6.45, 7) is 8.23. The first-order valence-corrected chi connectivity index (χ1v) is 8.09. The normalized spacial score (nSPS) is 10.6. The minimum absolute atomic E-state index is 0.854. The Morgan fingerprint density at radius 3 is 2.55 bits per heavy atom. The van der Waals surface area contributed by atoms with E-state index in [1.54, 1.807) is 0 Å². The van der Waals surface area contributed by atoms with E-state index in [9.17, 15) is 0 Å². The lowest BCUT2D eigenvalue weighted by atomic mass is 10.1. The minimum atomic E-state index is 0.854. The van der Waals surface area contributed by atoms with Crippen molar-refractivity contribution in [2.24, 2.45) is 0 Å². The SMILES string of the molecule is CCN(Cc1cccc(C)n1)c1ccc(CBr)cc1C. The second-order valence-corrected chi connectivity index (χ2v) is 5.60. The number of aromatic nitrogens is 1. The zero-order chi connectivity index (χ0) is 14.5. The Kier molecular flexibility index (Phi) is 5.18. The molecular weight excluding hydrogens is 312 g/mol. The van der Waals surface area contributed by atoms with E-state index >= 15 is 0 Å². The number of halogens is 1. The van der Waals surface area contributed by atoms with Gasteiger partial charge in [0.05, 0.1) is 12.2 Å². The summed E-state index contributed by atoms with van der Waals surface area (Å²) in [5.41, 5.74) is 6.12. The van der Waals surface area contributed by atoms with Gasteiger partial charge in [-0.1, -0.05) is 34.1 Å². The van der Waals surface area contributed by atoms with Gasteiger partial charge >= 0.3 is 0 Å². The van der Waals surface area contributed by atoms with Gasteiger partial charge in [0.15, 0.2) is 0 Å². The largest absolute Gasteiger partial charge is 0.366 e. The summed E-state index contributed by atoms with van der Waals surface area (Å²) in [7, 11) is 0. The van der Waals surface area contributed by atoms with E-state index in [4.69, 9.17) is 0 Å². The zero-order valence-corrected chi connectivity index (χ0v) is 13.9. The molecule has 0 saturated carbocycles. The molecule has 1 aromatic heterocycles. The standard InChI is InChI=1S/C17H21BrN2/c1-4-20(12-16-7-5-6-14(3)19-16)17-9-8-15(11-18)10-13(17)2/h5-10H,4,11-12H2,1-3H3.